The Morgan fingerprint density at radius 3 is 2.50 bits per heavy atom. The van der Waals surface area contributed by atoms with Gasteiger partial charge < -0.3 is 0 Å². The van der Waals surface area contributed by atoms with E-state index in [1.165, 1.54) is 18.2 Å². The zero-order valence-electron chi connectivity index (χ0n) is 5.88. The molecule has 62 valence electrons. The van der Waals surface area contributed by atoms with Crippen LogP contribution in [0.1, 0.15) is 10.4 Å². The van der Waals surface area contributed by atoms with Crippen molar-refractivity contribution in [3.63, 3.8) is 0 Å². The number of benzene rings is 1. The zero-order valence-corrected chi connectivity index (χ0v) is 7.39. The lowest BCUT2D eigenvalue weighted by molar-refractivity contribution is -0.104. The Labute approximate surface area is 79.1 Å². The highest BCUT2D eigenvalue weighted by Crippen LogP contribution is 2.20. The number of carbonyl (C=O) groups is 2. The molecule has 0 fully saturated rings. The Morgan fingerprint density at radius 2 is 2.00 bits per heavy atom. The Kier molecular flexibility index (Phi) is 2.84. The average Bonchev–Trinajstić information content (AvgIpc) is 2.03. The number of halogens is 2. The van der Waals surface area contributed by atoms with Gasteiger partial charge in [0.05, 0.1) is 5.02 Å². The summed E-state index contributed by atoms with van der Waals surface area (Å²) in [5.41, 5.74) is 0.177. The summed E-state index contributed by atoms with van der Waals surface area (Å²) in [6, 6.07) is 4.34. The maximum absolute atomic E-state index is 10.8. The fourth-order valence-electron chi connectivity index (χ4n) is 0.753. The summed E-state index contributed by atoms with van der Waals surface area (Å²) in [5.74, 6) is -0.642. The van der Waals surface area contributed by atoms with E-state index < -0.39 is 5.78 Å². The Bertz CT molecular complexity index is 334. The third kappa shape index (κ3) is 1.84. The molecule has 0 spiro atoms. The average molecular weight is 203 g/mol. The van der Waals surface area contributed by atoms with E-state index in [4.69, 9.17) is 23.2 Å². The molecule has 1 aromatic carbocycles. The van der Waals surface area contributed by atoms with Gasteiger partial charge in [-0.2, -0.15) is 0 Å². The number of hydrogen-bond acceptors (Lipinski definition) is 2. The standard InChI is InChI=1S/C8H4Cl2O2/c9-5-1-2-6(7(10)3-5)8(12)4-11/h1-4H. The van der Waals surface area contributed by atoms with Gasteiger partial charge in [-0.3, -0.25) is 9.59 Å². The van der Waals surface area contributed by atoms with Crippen molar-refractivity contribution in [2.24, 2.45) is 0 Å². The number of Topliss-reactive ketones (excluding diaryl/α,β-unsaturated/α-hetero) is 1. The third-order valence-electron chi connectivity index (χ3n) is 1.30. The van der Waals surface area contributed by atoms with Gasteiger partial charge in [0.15, 0.2) is 6.29 Å². The second-order valence-electron chi connectivity index (χ2n) is 2.11. The van der Waals surface area contributed by atoms with Gasteiger partial charge in [-0.05, 0) is 18.2 Å². The first-order valence-electron chi connectivity index (χ1n) is 3.09. The predicted molar refractivity (Wildman–Crippen MR) is 46.9 cm³/mol. The summed E-state index contributed by atoms with van der Waals surface area (Å²) < 4.78 is 0. The van der Waals surface area contributed by atoms with Gasteiger partial charge in [-0.15, -0.1) is 0 Å². The van der Waals surface area contributed by atoms with E-state index in [1.807, 2.05) is 0 Å². The van der Waals surface area contributed by atoms with E-state index in [0.29, 0.717) is 5.02 Å². The van der Waals surface area contributed by atoms with Crippen molar-refractivity contribution in [2.45, 2.75) is 0 Å². The van der Waals surface area contributed by atoms with E-state index in [1.54, 1.807) is 0 Å². The summed E-state index contributed by atoms with van der Waals surface area (Å²) in [4.78, 5) is 21.0. The molecule has 12 heavy (non-hydrogen) atoms. The molecular formula is C8H4Cl2O2. The number of ketones is 1. The van der Waals surface area contributed by atoms with E-state index >= 15 is 0 Å². The first kappa shape index (κ1) is 9.23. The number of carbonyl (C=O) groups excluding carboxylic acids is 2. The van der Waals surface area contributed by atoms with Gasteiger partial charge in [-0.25, -0.2) is 0 Å². The van der Waals surface area contributed by atoms with Crippen molar-refractivity contribution in [1.82, 2.24) is 0 Å². The van der Waals surface area contributed by atoms with E-state index in [0.717, 1.165) is 0 Å². The van der Waals surface area contributed by atoms with Crippen molar-refractivity contribution in [1.29, 1.82) is 0 Å². The molecule has 1 aromatic rings. The lowest BCUT2D eigenvalue weighted by Gasteiger charge is -1.97. The van der Waals surface area contributed by atoms with Crippen LogP contribution in [0, 0.1) is 0 Å². The molecule has 0 aliphatic heterocycles. The maximum atomic E-state index is 10.8. The quantitative estimate of drug-likeness (QED) is 0.420. The zero-order chi connectivity index (χ0) is 9.14. The summed E-state index contributed by atoms with van der Waals surface area (Å²) >= 11 is 11.2. The molecule has 0 bridgehead atoms. The van der Waals surface area contributed by atoms with E-state index in [9.17, 15) is 9.59 Å². The molecular weight excluding hydrogens is 199 g/mol. The monoisotopic (exact) mass is 202 g/mol. The topological polar surface area (TPSA) is 34.1 Å². The van der Waals surface area contributed by atoms with Crippen molar-refractivity contribution in [3.05, 3.63) is 33.8 Å². The normalized spacial score (nSPS) is 9.50. The second kappa shape index (κ2) is 3.70. The summed E-state index contributed by atoms with van der Waals surface area (Å²) in [5, 5.41) is 0.627. The van der Waals surface area contributed by atoms with Crippen molar-refractivity contribution >= 4 is 35.3 Å². The predicted octanol–water partition coefficient (Wildman–Crippen LogP) is 2.38. The molecule has 0 aliphatic carbocycles. The molecule has 0 heterocycles. The van der Waals surface area contributed by atoms with Gasteiger partial charge in [0.25, 0.3) is 0 Å². The number of hydrogen-bond donors (Lipinski definition) is 0. The summed E-state index contributed by atoms with van der Waals surface area (Å²) in [7, 11) is 0. The highest BCUT2D eigenvalue weighted by molar-refractivity contribution is 6.42. The Morgan fingerprint density at radius 1 is 1.33 bits per heavy atom. The lowest BCUT2D eigenvalue weighted by Crippen LogP contribution is -2.00. The highest BCUT2D eigenvalue weighted by atomic mass is 35.5. The van der Waals surface area contributed by atoms with Crippen LogP contribution in [-0.2, 0) is 4.79 Å². The van der Waals surface area contributed by atoms with Crippen LogP contribution < -0.4 is 0 Å². The molecule has 0 amide bonds. The largest absolute Gasteiger partial charge is 0.294 e. The first-order valence-corrected chi connectivity index (χ1v) is 3.85. The van der Waals surface area contributed by atoms with Gasteiger partial charge in [0.1, 0.15) is 0 Å². The molecule has 0 unspecified atom stereocenters. The lowest BCUT2D eigenvalue weighted by atomic mass is 10.1. The highest BCUT2D eigenvalue weighted by Gasteiger charge is 2.08. The molecule has 0 saturated carbocycles. The fourth-order valence-corrected chi connectivity index (χ4v) is 1.25. The van der Waals surface area contributed by atoms with Gasteiger partial charge >= 0.3 is 0 Å². The van der Waals surface area contributed by atoms with E-state index in [2.05, 4.69) is 0 Å². The SMILES string of the molecule is O=CC(=O)c1ccc(Cl)cc1Cl. The number of aldehydes is 1. The van der Waals surface area contributed by atoms with Crippen LogP contribution in [0.4, 0.5) is 0 Å². The summed E-state index contributed by atoms with van der Waals surface area (Å²) in [6.45, 7) is 0. The van der Waals surface area contributed by atoms with Gasteiger partial charge in [0, 0.05) is 10.6 Å². The minimum atomic E-state index is -0.642. The number of rotatable bonds is 2. The molecule has 0 aromatic heterocycles. The van der Waals surface area contributed by atoms with Crippen LogP contribution in [0.15, 0.2) is 18.2 Å². The minimum Gasteiger partial charge on any atom is -0.294 e. The van der Waals surface area contributed by atoms with Crippen LogP contribution >= 0.6 is 23.2 Å². The van der Waals surface area contributed by atoms with Crippen molar-refractivity contribution in [2.75, 3.05) is 0 Å². The van der Waals surface area contributed by atoms with Gasteiger partial charge in [-0.1, -0.05) is 23.2 Å². The maximum Gasteiger partial charge on any atom is 0.226 e. The van der Waals surface area contributed by atoms with Crippen LogP contribution in [-0.4, -0.2) is 12.1 Å². The molecule has 0 radical (unpaired) electrons. The van der Waals surface area contributed by atoms with Crippen LogP contribution in [0.5, 0.6) is 0 Å². The molecule has 0 atom stereocenters. The summed E-state index contributed by atoms with van der Waals surface area (Å²) in [6.07, 6.45) is 0.217. The molecule has 4 heteroatoms. The molecule has 0 N–H and O–H groups in total. The third-order valence-corrected chi connectivity index (χ3v) is 1.85. The van der Waals surface area contributed by atoms with Gasteiger partial charge in [0.2, 0.25) is 5.78 Å². The molecule has 2 nitrogen and oxygen atoms in total. The smallest absolute Gasteiger partial charge is 0.226 e. The van der Waals surface area contributed by atoms with Crippen molar-refractivity contribution in [3.8, 4) is 0 Å². The molecule has 0 aliphatic rings. The first-order chi connectivity index (χ1) is 5.65. The minimum absolute atomic E-state index is 0.177. The van der Waals surface area contributed by atoms with Crippen LogP contribution in [0.25, 0.3) is 0 Å². The van der Waals surface area contributed by atoms with Crippen LogP contribution in [0.2, 0.25) is 10.0 Å². The van der Waals surface area contributed by atoms with Crippen molar-refractivity contribution < 1.29 is 9.59 Å². The Balaban J connectivity index is 3.18. The molecule has 0 saturated heterocycles. The fraction of sp³-hybridized carbons (Fsp3) is 0. The Hall–Kier alpha value is -0.860. The molecule has 1 rings (SSSR count). The van der Waals surface area contributed by atoms with E-state index in [-0.39, 0.29) is 16.9 Å². The van der Waals surface area contributed by atoms with Crippen LogP contribution in [0.3, 0.4) is 0 Å². The second-order valence-corrected chi connectivity index (χ2v) is 2.95.